The first-order chi connectivity index (χ1) is 29.5. The molecule has 1 aliphatic heterocycles. The maximum absolute atomic E-state index is 11.7. The molecule has 348 valence electrons. The molecule has 6 heterocycles. The van der Waals surface area contributed by atoms with Gasteiger partial charge in [-0.15, -0.1) is 24.2 Å². The van der Waals surface area contributed by atoms with Crippen LogP contribution in [0.1, 0.15) is 47.1 Å². The molecule has 1 aliphatic rings. The second-order valence-corrected chi connectivity index (χ2v) is 17.3. The van der Waals surface area contributed by atoms with Crippen molar-refractivity contribution in [1.82, 2.24) is 35.6 Å². The Balaban J connectivity index is 0.000000304. The summed E-state index contributed by atoms with van der Waals surface area (Å²) in [7, 11) is 0. The van der Waals surface area contributed by atoms with E-state index in [1.165, 1.54) is 24.2 Å². The number of hydrogen-bond acceptors (Lipinski definition) is 19. The summed E-state index contributed by atoms with van der Waals surface area (Å²) in [6.07, 6.45) is 8.21. The van der Waals surface area contributed by atoms with Gasteiger partial charge in [-0.25, -0.2) is 29.0 Å². The smallest absolute Gasteiger partial charge is 0.408 e. The number of carboxylic acids is 3. The van der Waals surface area contributed by atoms with Crippen LogP contribution in [-0.2, 0) is 30.3 Å². The van der Waals surface area contributed by atoms with Crippen molar-refractivity contribution in [2.45, 2.75) is 82.5 Å². The Morgan fingerprint density at radius 1 is 0.844 bits per heavy atom. The minimum atomic E-state index is -1.17. The number of nitrogens with zero attached hydrogens (tertiary/aromatic N) is 6. The van der Waals surface area contributed by atoms with Crippen molar-refractivity contribution in [3.8, 4) is 5.75 Å². The van der Waals surface area contributed by atoms with Crippen molar-refractivity contribution in [2.75, 3.05) is 17.3 Å². The van der Waals surface area contributed by atoms with E-state index in [-0.39, 0.29) is 35.0 Å². The van der Waals surface area contributed by atoms with E-state index in [9.17, 15) is 34.2 Å². The monoisotopic (exact) mass is 988 g/mol. The summed E-state index contributed by atoms with van der Waals surface area (Å²) in [5.41, 5.74) is 1.88. The Bertz CT molecular complexity index is 2310. The summed E-state index contributed by atoms with van der Waals surface area (Å²) in [4.78, 5) is 78.9. The molecule has 5 aromatic heterocycles. The highest BCUT2D eigenvalue weighted by atomic mass is 35.5. The van der Waals surface area contributed by atoms with E-state index in [1.54, 1.807) is 84.5 Å². The van der Waals surface area contributed by atoms with Gasteiger partial charge in [0.1, 0.15) is 40.1 Å². The predicted molar refractivity (Wildman–Crippen MR) is 243 cm³/mol. The number of halogens is 2. The molecule has 0 saturated carbocycles. The number of thioether (sulfide) groups is 2. The number of aromatic hydroxyl groups is 1. The fraction of sp³-hybridized carbons (Fsp3) is 0.395. The predicted octanol–water partition coefficient (Wildman–Crippen LogP) is 6.41. The molecule has 0 aliphatic carbocycles. The number of carboxylic acid groups (broad SMARTS) is 3. The number of thiol groups is 1. The number of alkyl carbamates (subject to hydrolysis) is 2. The SMILES string of the molecule is CC(C)(C)OC(=O)N[C@@H](CS)C(=O)O.CC(C)(C)OC(=O)N[C@@H](CSc1nc2ccncc2o1)C(=O)O.Cl.Clc1nc2ccncc2o1.O=C(O)[C@@H]1CSC(Cc2ccncc2O)=N1. The van der Waals surface area contributed by atoms with E-state index >= 15 is 0 Å². The van der Waals surface area contributed by atoms with Crippen LogP contribution in [-0.4, -0.2) is 127 Å². The maximum atomic E-state index is 11.7. The second-order valence-electron chi connectivity index (χ2n) is 14.6. The van der Waals surface area contributed by atoms with Gasteiger partial charge in [0.05, 0.1) is 23.6 Å². The van der Waals surface area contributed by atoms with Gasteiger partial charge >= 0.3 is 30.1 Å². The van der Waals surface area contributed by atoms with Crippen LogP contribution < -0.4 is 10.6 Å². The first kappa shape index (κ1) is 54.6. The van der Waals surface area contributed by atoms with Crippen molar-refractivity contribution in [3.05, 3.63) is 66.3 Å². The van der Waals surface area contributed by atoms with Gasteiger partial charge in [-0.2, -0.15) is 17.6 Å². The number of hydrogen-bond donors (Lipinski definition) is 7. The lowest BCUT2D eigenvalue weighted by atomic mass is 10.2. The third kappa shape index (κ3) is 19.9. The van der Waals surface area contributed by atoms with Gasteiger partial charge in [-0.3, -0.25) is 19.9 Å². The third-order valence-electron chi connectivity index (χ3n) is 7.09. The number of aliphatic imine (C=N–C) groups is 1. The number of carbonyl (C=O) groups excluding carboxylic acids is 2. The molecule has 26 heteroatoms. The van der Waals surface area contributed by atoms with E-state index in [4.69, 9.17) is 40.1 Å². The van der Waals surface area contributed by atoms with E-state index in [2.05, 4.69) is 53.2 Å². The normalized spacial score (nSPS) is 14.0. The minimum absolute atomic E-state index is 0. The number of ether oxygens (including phenoxy) is 2. The largest absolute Gasteiger partial charge is 0.506 e. The molecule has 6 rings (SSSR count). The summed E-state index contributed by atoms with van der Waals surface area (Å²) in [6.45, 7) is 10.2. The zero-order valence-electron chi connectivity index (χ0n) is 35.0. The molecular weight excluding hydrogens is 944 g/mol. The summed E-state index contributed by atoms with van der Waals surface area (Å²) in [6, 6.07) is 2.34. The quantitative estimate of drug-likeness (QED) is 0.0555. The molecule has 2 amide bonds. The molecule has 64 heavy (non-hydrogen) atoms. The van der Waals surface area contributed by atoms with Crippen LogP contribution in [0, 0.1) is 0 Å². The number of amides is 2. The van der Waals surface area contributed by atoms with Crippen molar-refractivity contribution < 1.29 is 62.7 Å². The topological polar surface area (TPSA) is 312 Å². The van der Waals surface area contributed by atoms with Gasteiger partial charge in [0.2, 0.25) is 0 Å². The Hall–Kier alpha value is -5.56. The Morgan fingerprint density at radius 2 is 1.36 bits per heavy atom. The summed E-state index contributed by atoms with van der Waals surface area (Å²) < 4.78 is 20.3. The number of rotatable bonds is 11. The summed E-state index contributed by atoms with van der Waals surface area (Å²) >= 11 is 11.8. The molecular formula is C38H46Cl2N8O13S3. The van der Waals surface area contributed by atoms with Crippen molar-refractivity contribution in [3.63, 3.8) is 0 Å². The number of nitrogens with one attached hydrogen (secondary N) is 2. The van der Waals surface area contributed by atoms with Crippen LogP contribution in [0.2, 0.25) is 5.35 Å². The second kappa shape index (κ2) is 25.7. The highest BCUT2D eigenvalue weighted by Crippen LogP contribution is 2.25. The minimum Gasteiger partial charge on any atom is -0.506 e. The molecule has 0 radical (unpaired) electrons. The van der Waals surface area contributed by atoms with Crippen LogP contribution in [0.4, 0.5) is 9.59 Å². The zero-order valence-corrected chi connectivity index (χ0v) is 39.1. The highest BCUT2D eigenvalue weighted by molar-refractivity contribution is 8.14. The Labute approximate surface area is 390 Å². The van der Waals surface area contributed by atoms with Crippen LogP contribution in [0.25, 0.3) is 22.2 Å². The van der Waals surface area contributed by atoms with Crippen LogP contribution >= 0.6 is 60.2 Å². The lowest BCUT2D eigenvalue weighted by Gasteiger charge is -2.21. The van der Waals surface area contributed by atoms with Crippen molar-refractivity contribution in [2.24, 2.45) is 4.99 Å². The number of oxazole rings is 2. The molecule has 0 bridgehead atoms. The van der Waals surface area contributed by atoms with Gasteiger partial charge in [0, 0.05) is 47.8 Å². The number of carbonyl (C=O) groups is 5. The molecule has 21 nitrogen and oxygen atoms in total. The van der Waals surface area contributed by atoms with E-state index < -0.39 is 59.4 Å². The standard InChI is InChI=1S/C14H17N3O5S.C10H10N2O3S.C8H15NO4S.C6H3ClN2O.ClH/c1-14(2,3)22-12(20)16-9(11(18)19)7-23-13-17-8-4-5-15-6-10(8)21-13;13-8-4-11-2-1-6(8)3-9-12-7(5-16-9)10(14)15;1-8(2,3)13-7(12)9-5(4-14)6(10)11;7-6-9-4-1-2-8-3-5(4)10-6;/h4-6,9H,7H2,1-3H3,(H,16,20)(H,18,19);1-2,4,7,13H,3,5H2,(H,14,15);5,14H,4H2,1-3H3,(H,9,12)(H,10,11);1-3H;1H/t9-;7-;5-;;/m000../s1. The average molecular weight is 990 g/mol. The fourth-order valence-corrected chi connectivity index (χ4v) is 6.66. The lowest BCUT2D eigenvalue weighted by Crippen LogP contribution is -2.44. The molecule has 0 unspecified atom stereocenters. The number of aliphatic carboxylic acids is 3. The van der Waals surface area contributed by atoms with E-state index in [0.29, 0.717) is 39.6 Å². The summed E-state index contributed by atoms with van der Waals surface area (Å²) in [5, 5.41) is 41.8. The van der Waals surface area contributed by atoms with Crippen molar-refractivity contribution >= 4 is 117 Å². The van der Waals surface area contributed by atoms with Crippen LogP contribution in [0.15, 0.2) is 74.4 Å². The maximum Gasteiger partial charge on any atom is 0.408 e. The average Bonchev–Trinajstić information content (AvgIpc) is 3.93. The third-order valence-corrected chi connectivity index (χ3v) is 9.61. The fourth-order valence-electron chi connectivity index (χ4n) is 4.36. The van der Waals surface area contributed by atoms with Crippen molar-refractivity contribution in [1.29, 1.82) is 0 Å². The molecule has 0 aromatic carbocycles. The van der Waals surface area contributed by atoms with Gasteiger partial charge in [0.25, 0.3) is 10.6 Å². The van der Waals surface area contributed by atoms with Gasteiger partial charge in [-0.1, -0.05) is 11.8 Å². The summed E-state index contributed by atoms with van der Waals surface area (Å²) in [5.74, 6) is -2.54. The number of fused-ring (bicyclic) bond motifs is 2. The van der Waals surface area contributed by atoms with Gasteiger partial charge < -0.3 is 49.4 Å². The Morgan fingerprint density at radius 3 is 1.83 bits per heavy atom. The van der Waals surface area contributed by atoms with Crippen LogP contribution in [0.5, 0.6) is 5.75 Å². The molecule has 0 fully saturated rings. The zero-order chi connectivity index (χ0) is 46.9. The molecule has 0 saturated heterocycles. The van der Waals surface area contributed by atoms with E-state index in [0.717, 1.165) is 22.3 Å². The molecule has 6 N–H and O–H groups in total. The molecule has 0 spiro atoms. The van der Waals surface area contributed by atoms with Crippen LogP contribution in [0.3, 0.4) is 0 Å². The van der Waals surface area contributed by atoms with Gasteiger partial charge in [0.15, 0.2) is 17.2 Å². The first-order valence-electron chi connectivity index (χ1n) is 18.3. The molecule has 5 aromatic rings. The number of aromatic nitrogens is 5. The Kier molecular flexibility index (Phi) is 21.9. The van der Waals surface area contributed by atoms with Gasteiger partial charge in [-0.05, 0) is 71.3 Å². The molecule has 3 atom stereocenters. The first-order valence-corrected chi connectivity index (χ1v) is 21.3. The number of pyridine rings is 3. The lowest BCUT2D eigenvalue weighted by molar-refractivity contribution is -0.139. The van der Waals surface area contributed by atoms with E-state index in [1.807, 2.05) is 0 Å². The highest BCUT2D eigenvalue weighted by Gasteiger charge is 2.26.